The number of halogens is 3. The minimum absolute atomic E-state index is 0.151. The summed E-state index contributed by atoms with van der Waals surface area (Å²) < 4.78 is 40.7. The van der Waals surface area contributed by atoms with Crippen molar-refractivity contribution in [2.24, 2.45) is 7.05 Å². The third-order valence-corrected chi connectivity index (χ3v) is 5.75. The maximum Gasteiger partial charge on any atom is 0.490 e. The largest absolute Gasteiger partial charge is 0.490 e. The quantitative estimate of drug-likeness (QED) is 0.431. The highest BCUT2D eigenvalue weighted by atomic mass is 19.4. The number of carboxylic acids is 1. The van der Waals surface area contributed by atoms with Gasteiger partial charge in [-0.2, -0.15) is 18.2 Å². The average Bonchev–Trinajstić information content (AvgIpc) is 3.31. The molecule has 0 aliphatic carbocycles. The molecule has 0 atom stereocenters. The summed E-state index contributed by atoms with van der Waals surface area (Å²) in [5.74, 6) is -2.79. The Balaban J connectivity index is 0.000000532. The molecule has 0 spiro atoms. The molecule has 0 unspecified atom stereocenters. The van der Waals surface area contributed by atoms with E-state index in [0.29, 0.717) is 19.0 Å². The zero-order valence-electron chi connectivity index (χ0n) is 21.2. The number of rotatable bonds is 6. The second kappa shape index (κ2) is 12.0. The number of imidazole rings is 1. The third-order valence-electron chi connectivity index (χ3n) is 5.75. The number of carbonyl (C=O) groups is 2. The molecular weight excluding hydrogens is 525 g/mol. The van der Waals surface area contributed by atoms with Crippen LogP contribution in [0.2, 0.25) is 0 Å². The Hall–Kier alpha value is -4.40. The minimum Gasteiger partial charge on any atom is -0.475 e. The molecule has 1 fully saturated rings. The van der Waals surface area contributed by atoms with Gasteiger partial charge in [0.05, 0.1) is 12.3 Å². The van der Waals surface area contributed by atoms with Crippen molar-refractivity contribution in [2.75, 3.05) is 37.7 Å². The number of aliphatic carboxylic acids is 1. The molecule has 0 saturated carbocycles. The summed E-state index contributed by atoms with van der Waals surface area (Å²) in [6.07, 6.45) is -3.37. The Morgan fingerprint density at radius 2 is 1.82 bits per heavy atom. The molecule has 2 N–H and O–H groups in total. The molecule has 1 aromatic carbocycles. The number of benzene rings is 1. The Morgan fingerprint density at radius 3 is 2.38 bits per heavy atom. The van der Waals surface area contributed by atoms with E-state index >= 15 is 0 Å². The first kappa shape index (κ1) is 29.2. The molecule has 0 amide bonds. The molecule has 4 rings (SSSR count). The molecule has 15 heteroatoms. The third kappa shape index (κ3) is 6.19. The number of anilines is 1. The second-order valence-corrected chi connectivity index (χ2v) is 8.26. The minimum atomic E-state index is -5.08. The van der Waals surface area contributed by atoms with Crippen LogP contribution in [0.4, 0.5) is 19.1 Å². The lowest BCUT2D eigenvalue weighted by Gasteiger charge is -2.29. The Labute approximate surface area is 219 Å². The first-order valence-corrected chi connectivity index (χ1v) is 11.8. The summed E-state index contributed by atoms with van der Waals surface area (Å²) in [7, 11) is 1.40. The van der Waals surface area contributed by atoms with Crippen LogP contribution in [-0.4, -0.2) is 74.7 Å². The van der Waals surface area contributed by atoms with Crippen molar-refractivity contribution in [3.05, 3.63) is 57.2 Å². The van der Waals surface area contributed by atoms with Crippen LogP contribution in [-0.2, 0) is 27.9 Å². The maximum atomic E-state index is 13.3. The fourth-order valence-corrected chi connectivity index (χ4v) is 3.94. The number of alkyl halides is 3. The van der Waals surface area contributed by atoms with Crippen molar-refractivity contribution < 1.29 is 32.6 Å². The van der Waals surface area contributed by atoms with Gasteiger partial charge in [-0.3, -0.25) is 23.3 Å². The van der Waals surface area contributed by atoms with Crippen molar-refractivity contribution >= 4 is 35.1 Å². The van der Waals surface area contributed by atoms with Crippen LogP contribution >= 0.6 is 0 Å². The van der Waals surface area contributed by atoms with Gasteiger partial charge in [0, 0.05) is 33.2 Å². The number of fused-ring (bicyclic) bond motifs is 1. The average molecular weight is 553 g/mol. The molecule has 12 nitrogen and oxygen atoms in total. The summed E-state index contributed by atoms with van der Waals surface area (Å²) in [5, 5.41) is 10.4. The number of piperazine rings is 1. The van der Waals surface area contributed by atoms with Gasteiger partial charge in [-0.1, -0.05) is 30.9 Å². The molecule has 1 saturated heterocycles. The van der Waals surface area contributed by atoms with E-state index in [-0.39, 0.29) is 24.3 Å². The van der Waals surface area contributed by atoms with Gasteiger partial charge in [0.15, 0.2) is 11.2 Å². The zero-order valence-corrected chi connectivity index (χ0v) is 21.2. The molecule has 1 aliphatic heterocycles. The second-order valence-electron chi connectivity index (χ2n) is 8.26. The predicted octanol–water partition coefficient (Wildman–Crippen LogP) is 1.13. The number of carbonyl (C=O) groups excluding carboxylic acids is 1. The summed E-state index contributed by atoms with van der Waals surface area (Å²) >= 11 is 0. The highest BCUT2D eigenvalue weighted by Crippen LogP contribution is 2.28. The first-order chi connectivity index (χ1) is 18.4. The van der Waals surface area contributed by atoms with Crippen LogP contribution in [0.15, 0.2) is 40.4 Å². The highest BCUT2D eigenvalue weighted by molar-refractivity contribution is 5.81. The fraction of sp³-hybridized carbons (Fsp3) is 0.375. The Kier molecular flexibility index (Phi) is 8.96. The van der Waals surface area contributed by atoms with Gasteiger partial charge < -0.3 is 20.1 Å². The van der Waals surface area contributed by atoms with Crippen LogP contribution in [0.1, 0.15) is 12.5 Å². The zero-order chi connectivity index (χ0) is 28.9. The number of hydrogen-bond acceptors (Lipinski definition) is 8. The van der Waals surface area contributed by atoms with E-state index in [9.17, 15) is 27.6 Å². The fourth-order valence-electron chi connectivity index (χ4n) is 3.94. The monoisotopic (exact) mass is 552 g/mol. The lowest BCUT2D eigenvalue weighted by atomic mass is 10.1. The molecule has 0 bridgehead atoms. The molecule has 2 aromatic heterocycles. The van der Waals surface area contributed by atoms with E-state index in [1.54, 1.807) is 17.6 Å². The number of carboxylic acid groups (broad SMARTS) is 1. The van der Waals surface area contributed by atoms with Crippen LogP contribution < -0.4 is 21.5 Å². The van der Waals surface area contributed by atoms with E-state index in [1.165, 1.54) is 11.6 Å². The lowest BCUT2D eigenvalue weighted by Crippen LogP contribution is -2.44. The lowest BCUT2D eigenvalue weighted by molar-refractivity contribution is -0.192. The van der Waals surface area contributed by atoms with Gasteiger partial charge in [-0.25, -0.2) is 9.59 Å². The van der Waals surface area contributed by atoms with Crippen LogP contribution in [0.5, 0.6) is 0 Å². The van der Waals surface area contributed by atoms with E-state index < -0.39 is 29.4 Å². The number of para-hydroxylation sites is 1. The Bertz CT molecular complexity index is 1500. The van der Waals surface area contributed by atoms with Crippen LogP contribution in [0.25, 0.3) is 22.9 Å². The van der Waals surface area contributed by atoms with Crippen molar-refractivity contribution in [1.82, 2.24) is 24.0 Å². The van der Waals surface area contributed by atoms with Gasteiger partial charge in [0.25, 0.3) is 5.56 Å². The number of hydrogen-bond donors (Lipinski definition) is 2. The predicted molar refractivity (Wildman–Crippen MR) is 136 cm³/mol. The Morgan fingerprint density at radius 1 is 1.21 bits per heavy atom. The van der Waals surface area contributed by atoms with Gasteiger partial charge in [-0.15, -0.1) is 0 Å². The van der Waals surface area contributed by atoms with E-state index in [1.807, 2.05) is 24.3 Å². The van der Waals surface area contributed by atoms with Gasteiger partial charge >= 0.3 is 23.8 Å². The van der Waals surface area contributed by atoms with Gasteiger partial charge in [-0.05, 0) is 18.6 Å². The van der Waals surface area contributed by atoms with Crippen molar-refractivity contribution in [3.8, 4) is 5.69 Å². The van der Waals surface area contributed by atoms with Gasteiger partial charge in [0.2, 0.25) is 5.95 Å². The standard InChI is InChI=1S/C22H26N6O4.C2HF3O2/c1-4-15-8-6-7-9-16(15)28-18-19(24-21(28)26-12-10-23-11-13-26)27(14-17(29)32-5-2)22(31)25(3)20(18)30;3-2(4,5)1(6)7/h4,6-9,23H,1,5,10-14H2,2-3H3;(H,6,7). The summed E-state index contributed by atoms with van der Waals surface area (Å²) in [5.41, 5.74) is 0.796. The highest BCUT2D eigenvalue weighted by Gasteiger charge is 2.38. The molecule has 210 valence electrons. The van der Waals surface area contributed by atoms with Gasteiger partial charge in [0.1, 0.15) is 6.54 Å². The number of nitrogens with one attached hydrogen (secondary N) is 1. The number of esters is 1. The van der Waals surface area contributed by atoms with Crippen LogP contribution in [0.3, 0.4) is 0 Å². The number of aromatic nitrogens is 4. The van der Waals surface area contributed by atoms with E-state index in [2.05, 4.69) is 16.8 Å². The SMILES string of the molecule is C=Cc1ccccc1-n1c(N2CCNCC2)nc2c1c(=O)n(C)c(=O)n2CC(=O)OCC.O=C(O)C(F)(F)F. The van der Waals surface area contributed by atoms with Crippen molar-refractivity contribution in [1.29, 1.82) is 0 Å². The van der Waals surface area contributed by atoms with Crippen molar-refractivity contribution in [3.63, 3.8) is 0 Å². The first-order valence-electron chi connectivity index (χ1n) is 11.8. The molecule has 3 heterocycles. The molecule has 39 heavy (non-hydrogen) atoms. The molecule has 1 aliphatic rings. The van der Waals surface area contributed by atoms with Crippen LogP contribution in [0, 0.1) is 0 Å². The molecular formula is C24H27F3N6O6. The van der Waals surface area contributed by atoms with Crippen molar-refractivity contribution in [2.45, 2.75) is 19.6 Å². The summed E-state index contributed by atoms with van der Waals surface area (Å²) in [4.78, 5) is 54.2. The molecule has 0 radical (unpaired) electrons. The normalized spacial score (nSPS) is 13.5. The summed E-state index contributed by atoms with van der Waals surface area (Å²) in [6.45, 7) is 8.34. The number of ether oxygens (including phenoxy) is 1. The van der Waals surface area contributed by atoms with E-state index in [0.717, 1.165) is 28.9 Å². The smallest absolute Gasteiger partial charge is 0.475 e. The van der Waals surface area contributed by atoms with E-state index in [4.69, 9.17) is 19.6 Å². The number of nitrogens with zero attached hydrogens (tertiary/aromatic N) is 5. The summed E-state index contributed by atoms with van der Waals surface area (Å²) in [6, 6.07) is 7.53. The maximum absolute atomic E-state index is 13.3. The topological polar surface area (TPSA) is 141 Å². The molecule has 3 aromatic rings.